The topological polar surface area (TPSA) is 101 Å². The van der Waals surface area contributed by atoms with Gasteiger partial charge in [-0.25, -0.2) is 0 Å². The van der Waals surface area contributed by atoms with Crippen molar-refractivity contribution in [1.82, 2.24) is 0 Å². The first-order valence-electron chi connectivity index (χ1n) is 5.11. The molecule has 0 aliphatic carbocycles. The van der Waals surface area contributed by atoms with E-state index in [0.717, 1.165) is 19.3 Å². The van der Waals surface area contributed by atoms with Crippen LogP contribution in [0.4, 0.5) is 0 Å². The summed E-state index contributed by atoms with van der Waals surface area (Å²) < 4.78 is 4.76. The lowest BCUT2D eigenvalue weighted by atomic mass is 10.2. The molecule has 1 fully saturated rings. The zero-order valence-corrected chi connectivity index (χ0v) is 8.98. The van der Waals surface area contributed by atoms with E-state index in [0.29, 0.717) is 13.0 Å². The monoisotopic (exact) mass is 232 g/mol. The minimum absolute atomic E-state index is 0.0255. The first-order chi connectivity index (χ1) is 7.52. The predicted molar refractivity (Wildman–Crippen MR) is 53.9 cm³/mol. The molecule has 0 aromatic rings. The summed E-state index contributed by atoms with van der Waals surface area (Å²) in [4.78, 5) is 29.7. The lowest BCUT2D eigenvalue weighted by molar-refractivity contribution is -0.143. The molecule has 16 heavy (non-hydrogen) atoms. The lowest BCUT2D eigenvalue weighted by Gasteiger charge is -1.93. The van der Waals surface area contributed by atoms with Crippen molar-refractivity contribution in [2.45, 2.75) is 38.5 Å². The van der Waals surface area contributed by atoms with E-state index < -0.39 is 11.9 Å². The van der Waals surface area contributed by atoms with Gasteiger partial charge in [0.25, 0.3) is 0 Å². The number of cyclic esters (lactones) is 1. The zero-order valence-electron chi connectivity index (χ0n) is 8.98. The molecule has 1 aliphatic rings. The molecule has 1 aliphatic heterocycles. The maximum atomic E-state index is 10.5. The van der Waals surface area contributed by atoms with Crippen molar-refractivity contribution in [1.29, 1.82) is 0 Å². The third-order valence-corrected chi connectivity index (χ3v) is 1.84. The second-order valence-electron chi connectivity index (χ2n) is 3.32. The molecule has 2 N–H and O–H groups in total. The van der Waals surface area contributed by atoms with E-state index in [4.69, 9.17) is 14.9 Å². The average molecular weight is 232 g/mol. The SMILES string of the molecule is O=C(O)CCC(=O)O.O=C1CCCCCO1. The van der Waals surface area contributed by atoms with Crippen molar-refractivity contribution in [3.8, 4) is 0 Å². The van der Waals surface area contributed by atoms with Crippen LogP contribution in [0.3, 0.4) is 0 Å². The van der Waals surface area contributed by atoms with Crippen molar-refractivity contribution in [3.05, 3.63) is 0 Å². The number of carboxylic acid groups (broad SMARTS) is 2. The molecule has 0 radical (unpaired) electrons. The molecule has 0 unspecified atom stereocenters. The summed E-state index contributed by atoms with van der Waals surface area (Å²) in [5.74, 6) is -2.18. The third kappa shape index (κ3) is 10.5. The number of hydrogen-bond acceptors (Lipinski definition) is 4. The summed E-state index contributed by atoms with van der Waals surface area (Å²) >= 11 is 0. The zero-order chi connectivity index (χ0) is 12.4. The minimum Gasteiger partial charge on any atom is -0.481 e. The number of esters is 1. The normalized spacial score (nSPS) is 15.1. The molecule has 1 heterocycles. The van der Waals surface area contributed by atoms with E-state index >= 15 is 0 Å². The Balaban J connectivity index is 0.000000281. The number of carbonyl (C=O) groups excluding carboxylic acids is 1. The second-order valence-corrected chi connectivity index (χ2v) is 3.32. The molecule has 0 atom stereocenters. The van der Waals surface area contributed by atoms with Gasteiger partial charge in [-0.3, -0.25) is 14.4 Å². The predicted octanol–water partition coefficient (Wildman–Crippen LogP) is 1.04. The van der Waals surface area contributed by atoms with E-state index in [9.17, 15) is 14.4 Å². The van der Waals surface area contributed by atoms with Crippen LogP contribution in [0.2, 0.25) is 0 Å². The molecular weight excluding hydrogens is 216 g/mol. The highest BCUT2D eigenvalue weighted by Gasteiger charge is 2.05. The van der Waals surface area contributed by atoms with Crippen LogP contribution in [0.5, 0.6) is 0 Å². The fourth-order valence-corrected chi connectivity index (χ4v) is 1.02. The number of aliphatic carboxylic acids is 2. The summed E-state index contributed by atoms with van der Waals surface area (Å²) in [6, 6.07) is 0. The number of ether oxygens (including phenoxy) is 1. The second kappa shape index (κ2) is 8.70. The van der Waals surface area contributed by atoms with Crippen LogP contribution >= 0.6 is 0 Å². The van der Waals surface area contributed by atoms with E-state index in [2.05, 4.69) is 0 Å². The first kappa shape index (κ1) is 14.4. The molecule has 0 aromatic heterocycles. The van der Waals surface area contributed by atoms with Crippen molar-refractivity contribution in [3.63, 3.8) is 0 Å². The van der Waals surface area contributed by atoms with E-state index in [1.165, 1.54) is 0 Å². The molecule has 1 saturated heterocycles. The highest BCUT2D eigenvalue weighted by molar-refractivity contribution is 5.75. The van der Waals surface area contributed by atoms with Crippen molar-refractivity contribution < 1.29 is 29.3 Å². The minimum atomic E-state index is -1.08. The third-order valence-electron chi connectivity index (χ3n) is 1.84. The van der Waals surface area contributed by atoms with Crippen LogP contribution in [0.1, 0.15) is 38.5 Å². The molecule has 0 spiro atoms. The summed E-state index contributed by atoms with van der Waals surface area (Å²) in [5.41, 5.74) is 0. The Labute approximate surface area is 93.2 Å². The van der Waals surface area contributed by atoms with Crippen LogP contribution in [-0.4, -0.2) is 34.7 Å². The maximum absolute atomic E-state index is 10.5. The van der Waals surface area contributed by atoms with Gasteiger partial charge in [0, 0.05) is 6.42 Å². The van der Waals surface area contributed by atoms with Gasteiger partial charge in [-0.2, -0.15) is 0 Å². The summed E-state index contributed by atoms with van der Waals surface area (Å²) in [6.07, 6.45) is 3.24. The van der Waals surface area contributed by atoms with Gasteiger partial charge >= 0.3 is 17.9 Å². The number of rotatable bonds is 3. The first-order valence-corrected chi connectivity index (χ1v) is 5.11. The molecule has 0 amide bonds. The lowest BCUT2D eigenvalue weighted by Crippen LogP contribution is -2.00. The van der Waals surface area contributed by atoms with E-state index in [-0.39, 0.29) is 18.8 Å². The molecule has 1 rings (SSSR count). The number of hydrogen-bond donors (Lipinski definition) is 2. The van der Waals surface area contributed by atoms with Crippen LogP contribution in [0.15, 0.2) is 0 Å². The van der Waals surface area contributed by atoms with Crippen LogP contribution in [0.25, 0.3) is 0 Å². The van der Waals surface area contributed by atoms with Gasteiger partial charge in [0.1, 0.15) is 0 Å². The fourth-order valence-electron chi connectivity index (χ4n) is 1.02. The van der Waals surface area contributed by atoms with Gasteiger partial charge in [-0.15, -0.1) is 0 Å². The summed E-state index contributed by atoms with van der Waals surface area (Å²) in [6.45, 7) is 0.638. The molecule has 0 aromatic carbocycles. The maximum Gasteiger partial charge on any atom is 0.305 e. The quantitative estimate of drug-likeness (QED) is 0.705. The molecule has 92 valence electrons. The van der Waals surface area contributed by atoms with Gasteiger partial charge in [0.2, 0.25) is 0 Å². The van der Waals surface area contributed by atoms with Crippen LogP contribution in [0, 0.1) is 0 Å². The average Bonchev–Trinajstić information content (AvgIpc) is 2.44. The Bertz CT molecular complexity index is 224. The molecule has 0 saturated carbocycles. The largest absolute Gasteiger partial charge is 0.481 e. The molecule has 0 bridgehead atoms. The Morgan fingerprint density at radius 1 is 1.06 bits per heavy atom. The Morgan fingerprint density at radius 2 is 1.62 bits per heavy atom. The van der Waals surface area contributed by atoms with Gasteiger partial charge in [0.05, 0.1) is 19.4 Å². The molecule has 6 nitrogen and oxygen atoms in total. The van der Waals surface area contributed by atoms with Gasteiger partial charge in [0.15, 0.2) is 0 Å². The smallest absolute Gasteiger partial charge is 0.305 e. The highest BCUT2D eigenvalue weighted by Crippen LogP contribution is 2.06. The van der Waals surface area contributed by atoms with Crippen LogP contribution < -0.4 is 0 Å². The summed E-state index contributed by atoms with van der Waals surface area (Å²) in [5, 5.41) is 15.8. The highest BCUT2D eigenvalue weighted by atomic mass is 16.5. The number of carbonyl (C=O) groups is 3. The van der Waals surface area contributed by atoms with Crippen molar-refractivity contribution in [2.24, 2.45) is 0 Å². The Morgan fingerprint density at radius 3 is 2.12 bits per heavy atom. The number of carboxylic acids is 2. The Kier molecular flexibility index (Phi) is 7.83. The van der Waals surface area contributed by atoms with Gasteiger partial charge < -0.3 is 14.9 Å². The van der Waals surface area contributed by atoms with Crippen LogP contribution in [-0.2, 0) is 19.1 Å². The van der Waals surface area contributed by atoms with Gasteiger partial charge in [-0.05, 0) is 19.3 Å². The molecular formula is C10H16O6. The van der Waals surface area contributed by atoms with E-state index in [1.54, 1.807) is 0 Å². The van der Waals surface area contributed by atoms with E-state index in [1.807, 2.05) is 0 Å². The fraction of sp³-hybridized carbons (Fsp3) is 0.700. The standard InChI is InChI=1S/C6H10O2.C4H6O4/c7-6-4-2-1-3-5-8-6;5-3(6)1-2-4(7)8/h1-5H2;1-2H2,(H,5,6)(H,7,8). The summed E-state index contributed by atoms with van der Waals surface area (Å²) in [7, 11) is 0. The van der Waals surface area contributed by atoms with Crippen molar-refractivity contribution in [2.75, 3.05) is 6.61 Å². The molecule has 6 heteroatoms. The Hall–Kier alpha value is -1.59. The van der Waals surface area contributed by atoms with Gasteiger partial charge in [-0.1, -0.05) is 0 Å². The van der Waals surface area contributed by atoms with Crippen molar-refractivity contribution >= 4 is 17.9 Å².